The lowest BCUT2D eigenvalue weighted by Gasteiger charge is -2.31. The predicted octanol–water partition coefficient (Wildman–Crippen LogP) is 1.91. The second kappa shape index (κ2) is 5.45. The van der Waals surface area contributed by atoms with E-state index < -0.39 is 12.0 Å². The number of aliphatic carboxylic acids is 1. The SMILES string of the molecule is Cc1ccc2[nH]c(CN3Cc4[nH]cnc4CC3C(=O)O)nc2c1C. The molecule has 1 atom stereocenters. The van der Waals surface area contributed by atoms with E-state index in [0.717, 1.165) is 33.8 Å². The van der Waals surface area contributed by atoms with Crippen LogP contribution < -0.4 is 0 Å². The zero-order valence-electron chi connectivity index (χ0n) is 13.6. The Morgan fingerprint density at radius 2 is 2.25 bits per heavy atom. The van der Waals surface area contributed by atoms with E-state index in [9.17, 15) is 9.90 Å². The van der Waals surface area contributed by atoms with Gasteiger partial charge in [0, 0.05) is 13.0 Å². The molecule has 1 aliphatic heterocycles. The fraction of sp³-hybridized carbons (Fsp3) is 0.353. The smallest absolute Gasteiger partial charge is 0.321 e. The third kappa shape index (κ3) is 2.37. The van der Waals surface area contributed by atoms with Crippen LogP contribution in [0.15, 0.2) is 18.5 Å². The molecule has 0 amide bonds. The number of H-pyrrole nitrogens is 2. The van der Waals surface area contributed by atoms with Crippen molar-refractivity contribution in [2.75, 3.05) is 0 Å². The number of benzene rings is 1. The van der Waals surface area contributed by atoms with E-state index >= 15 is 0 Å². The van der Waals surface area contributed by atoms with Crippen LogP contribution in [0.3, 0.4) is 0 Å². The molecule has 1 aliphatic rings. The highest BCUT2D eigenvalue weighted by Crippen LogP contribution is 2.24. The van der Waals surface area contributed by atoms with Crippen molar-refractivity contribution in [2.45, 2.75) is 39.4 Å². The minimum Gasteiger partial charge on any atom is -0.480 e. The summed E-state index contributed by atoms with van der Waals surface area (Å²) in [4.78, 5) is 28.9. The molecule has 0 fully saturated rings. The van der Waals surface area contributed by atoms with Gasteiger partial charge in [0.1, 0.15) is 11.9 Å². The normalized spacial score (nSPS) is 18.0. The summed E-state index contributed by atoms with van der Waals surface area (Å²) in [5, 5.41) is 9.56. The molecule has 4 rings (SSSR count). The van der Waals surface area contributed by atoms with Gasteiger partial charge in [-0.2, -0.15) is 0 Å². The van der Waals surface area contributed by atoms with Gasteiger partial charge in [0.25, 0.3) is 0 Å². The molecule has 24 heavy (non-hydrogen) atoms. The molecule has 0 bridgehead atoms. The number of imidazole rings is 2. The van der Waals surface area contributed by atoms with Gasteiger partial charge in [-0.3, -0.25) is 9.69 Å². The quantitative estimate of drug-likeness (QED) is 0.683. The number of aryl methyl sites for hydroxylation is 2. The second-order valence-corrected chi connectivity index (χ2v) is 6.38. The van der Waals surface area contributed by atoms with Gasteiger partial charge < -0.3 is 15.1 Å². The zero-order chi connectivity index (χ0) is 16.8. The van der Waals surface area contributed by atoms with E-state index in [0.29, 0.717) is 19.5 Å². The van der Waals surface area contributed by atoms with Gasteiger partial charge in [-0.1, -0.05) is 6.07 Å². The van der Waals surface area contributed by atoms with E-state index in [1.807, 2.05) is 11.0 Å². The Bertz CT molecular complexity index is 926. The van der Waals surface area contributed by atoms with Crippen LogP contribution in [0.1, 0.15) is 28.3 Å². The van der Waals surface area contributed by atoms with Crippen LogP contribution in [0.5, 0.6) is 0 Å². The van der Waals surface area contributed by atoms with E-state index in [-0.39, 0.29) is 0 Å². The number of fused-ring (bicyclic) bond motifs is 2. The maximum absolute atomic E-state index is 11.6. The van der Waals surface area contributed by atoms with Gasteiger partial charge in [-0.25, -0.2) is 9.97 Å². The Hall–Kier alpha value is -2.67. The van der Waals surface area contributed by atoms with Gasteiger partial charge in [-0.15, -0.1) is 0 Å². The fourth-order valence-corrected chi connectivity index (χ4v) is 3.33. The number of carbonyl (C=O) groups is 1. The molecule has 0 radical (unpaired) electrons. The summed E-state index contributed by atoms with van der Waals surface area (Å²) >= 11 is 0. The lowest BCUT2D eigenvalue weighted by molar-refractivity contribution is -0.144. The highest BCUT2D eigenvalue weighted by Gasteiger charge is 2.33. The number of carboxylic acids is 1. The van der Waals surface area contributed by atoms with Crippen molar-refractivity contribution < 1.29 is 9.90 Å². The summed E-state index contributed by atoms with van der Waals surface area (Å²) in [6, 6.07) is 3.50. The van der Waals surface area contributed by atoms with Gasteiger partial charge in [-0.05, 0) is 31.0 Å². The first-order chi connectivity index (χ1) is 11.5. The average Bonchev–Trinajstić information content (AvgIpc) is 3.16. The number of aromatic nitrogens is 4. The monoisotopic (exact) mass is 325 g/mol. The first-order valence-electron chi connectivity index (χ1n) is 7.95. The molecule has 7 heteroatoms. The van der Waals surface area contributed by atoms with Gasteiger partial charge in [0.05, 0.1) is 35.3 Å². The van der Waals surface area contributed by atoms with Gasteiger partial charge >= 0.3 is 5.97 Å². The average molecular weight is 325 g/mol. The third-order valence-corrected chi connectivity index (χ3v) is 4.86. The molecule has 2 aromatic heterocycles. The van der Waals surface area contributed by atoms with Gasteiger partial charge in [0.2, 0.25) is 0 Å². The molecular weight excluding hydrogens is 306 g/mol. The topological polar surface area (TPSA) is 97.9 Å². The Balaban J connectivity index is 1.66. The van der Waals surface area contributed by atoms with Crippen molar-refractivity contribution >= 4 is 17.0 Å². The predicted molar refractivity (Wildman–Crippen MR) is 88.5 cm³/mol. The van der Waals surface area contributed by atoms with E-state index in [1.54, 1.807) is 6.33 Å². The largest absolute Gasteiger partial charge is 0.480 e. The van der Waals surface area contributed by atoms with Gasteiger partial charge in [0.15, 0.2) is 0 Å². The first kappa shape index (κ1) is 14.9. The van der Waals surface area contributed by atoms with Crippen molar-refractivity contribution in [2.24, 2.45) is 0 Å². The summed E-state index contributed by atoms with van der Waals surface area (Å²) in [5.41, 5.74) is 6.11. The standard InChI is InChI=1S/C17H19N5O2/c1-9-3-4-11-16(10(9)2)21-15(20-11)7-22-6-13-12(18-8-19-13)5-14(22)17(23)24/h3-4,8,14H,5-7H2,1-2H3,(H,18,19)(H,20,21)(H,23,24). The number of aromatic amines is 2. The second-order valence-electron chi connectivity index (χ2n) is 6.38. The minimum atomic E-state index is -0.827. The molecule has 0 aliphatic carbocycles. The molecule has 0 spiro atoms. The highest BCUT2D eigenvalue weighted by atomic mass is 16.4. The summed E-state index contributed by atoms with van der Waals surface area (Å²) < 4.78 is 0. The Morgan fingerprint density at radius 1 is 1.42 bits per heavy atom. The number of hydrogen-bond donors (Lipinski definition) is 3. The molecule has 0 saturated heterocycles. The molecule has 3 N–H and O–H groups in total. The lowest BCUT2D eigenvalue weighted by Crippen LogP contribution is -2.45. The number of hydrogen-bond acceptors (Lipinski definition) is 4. The lowest BCUT2D eigenvalue weighted by atomic mass is 10.0. The first-order valence-corrected chi connectivity index (χ1v) is 7.95. The number of rotatable bonds is 3. The van der Waals surface area contributed by atoms with E-state index in [2.05, 4.69) is 39.8 Å². The Morgan fingerprint density at radius 3 is 3.04 bits per heavy atom. The molecule has 0 saturated carbocycles. The molecule has 1 aromatic carbocycles. The number of nitrogens with one attached hydrogen (secondary N) is 2. The molecule has 1 unspecified atom stereocenters. The Labute approximate surface area is 138 Å². The van der Waals surface area contributed by atoms with Crippen molar-refractivity contribution in [3.05, 3.63) is 46.8 Å². The van der Waals surface area contributed by atoms with Crippen LogP contribution in [0.2, 0.25) is 0 Å². The maximum atomic E-state index is 11.6. The molecule has 7 nitrogen and oxygen atoms in total. The molecule has 3 aromatic rings. The van der Waals surface area contributed by atoms with Crippen molar-refractivity contribution in [1.82, 2.24) is 24.8 Å². The van der Waals surface area contributed by atoms with Crippen LogP contribution in [-0.4, -0.2) is 42.0 Å². The minimum absolute atomic E-state index is 0.409. The zero-order valence-corrected chi connectivity index (χ0v) is 13.6. The molecule has 124 valence electrons. The maximum Gasteiger partial charge on any atom is 0.321 e. The number of nitrogens with zero attached hydrogens (tertiary/aromatic N) is 3. The summed E-state index contributed by atoms with van der Waals surface area (Å²) in [5.74, 6) is -0.0419. The van der Waals surface area contributed by atoms with Crippen molar-refractivity contribution in [1.29, 1.82) is 0 Å². The third-order valence-electron chi connectivity index (χ3n) is 4.86. The van der Waals surface area contributed by atoms with Crippen LogP contribution >= 0.6 is 0 Å². The molecule has 3 heterocycles. The van der Waals surface area contributed by atoms with Crippen LogP contribution in [0.4, 0.5) is 0 Å². The summed E-state index contributed by atoms with van der Waals surface area (Å²) in [6.45, 7) is 5.11. The molecular formula is C17H19N5O2. The fourth-order valence-electron chi connectivity index (χ4n) is 3.33. The van der Waals surface area contributed by atoms with Crippen molar-refractivity contribution in [3.63, 3.8) is 0 Å². The van der Waals surface area contributed by atoms with Crippen molar-refractivity contribution in [3.8, 4) is 0 Å². The summed E-state index contributed by atoms with van der Waals surface area (Å²) in [6.07, 6.45) is 2.03. The van der Waals surface area contributed by atoms with Crippen LogP contribution in [0, 0.1) is 13.8 Å². The summed E-state index contributed by atoms with van der Waals surface area (Å²) in [7, 11) is 0. The Kier molecular flexibility index (Phi) is 3.38. The highest BCUT2D eigenvalue weighted by molar-refractivity contribution is 5.80. The number of carboxylic acid groups (broad SMARTS) is 1. The van der Waals surface area contributed by atoms with E-state index in [1.165, 1.54) is 5.56 Å². The van der Waals surface area contributed by atoms with E-state index in [4.69, 9.17) is 0 Å². The van der Waals surface area contributed by atoms with Crippen LogP contribution in [0.25, 0.3) is 11.0 Å². The van der Waals surface area contributed by atoms with Crippen LogP contribution in [-0.2, 0) is 24.3 Å².